The molecule has 116 valence electrons. The maximum Gasteiger partial charge on any atom is 0.223 e. The van der Waals surface area contributed by atoms with E-state index in [0.717, 1.165) is 12.8 Å². The summed E-state index contributed by atoms with van der Waals surface area (Å²) in [6, 6.07) is 7.13. The highest BCUT2D eigenvalue weighted by Crippen LogP contribution is 2.24. The maximum atomic E-state index is 13.5. The Labute approximate surface area is 131 Å². The predicted octanol–water partition coefficient (Wildman–Crippen LogP) is 4.49. The van der Waals surface area contributed by atoms with Gasteiger partial charge in [-0.3, -0.25) is 4.79 Å². The molecule has 0 heterocycles. The third kappa shape index (κ3) is 5.03. The van der Waals surface area contributed by atoms with Crippen LogP contribution in [0.5, 0.6) is 0 Å². The Morgan fingerprint density at radius 3 is 2.57 bits per heavy atom. The van der Waals surface area contributed by atoms with Crippen molar-refractivity contribution in [2.45, 2.75) is 55.9 Å². The van der Waals surface area contributed by atoms with E-state index >= 15 is 0 Å². The van der Waals surface area contributed by atoms with Gasteiger partial charge in [-0.2, -0.15) is 0 Å². The molecule has 0 spiro atoms. The second-order valence-electron chi connectivity index (χ2n) is 5.68. The molecular formula is C17H24FNOS. The zero-order chi connectivity index (χ0) is 15.1. The van der Waals surface area contributed by atoms with E-state index in [4.69, 9.17) is 0 Å². The summed E-state index contributed by atoms with van der Waals surface area (Å²) in [5.41, 5.74) is 0. The third-order valence-electron chi connectivity index (χ3n) is 4.18. The first-order valence-electron chi connectivity index (χ1n) is 7.81. The van der Waals surface area contributed by atoms with Crippen molar-refractivity contribution in [3.63, 3.8) is 0 Å². The largest absolute Gasteiger partial charge is 0.343 e. The third-order valence-corrected chi connectivity index (χ3v) is 5.23. The van der Waals surface area contributed by atoms with E-state index in [0.29, 0.717) is 23.1 Å². The lowest BCUT2D eigenvalue weighted by atomic mass is 10.1. The number of amides is 1. The molecule has 0 aromatic heterocycles. The Morgan fingerprint density at radius 1 is 1.24 bits per heavy atom. The fourth-order valence-electron chi connectivity index (χ4n) is 2.84. The van der Waals surface area contributed by atoms with Crippen molar-refractivity contribution < 1.29 is 9.18 Å². The first-order chi connectivity index (χ1) is 10.2. The first kappa shape index (κ1) is 16.3. The van der Waals surface area contributed by atoms with Gasteiger partial charge in [0.05, 0.1) is 0 Å². The van der Waals surface area contributed by atoms with E-state index in [1.54, 1.807) is 12.1 Å². The average molecular weight is 309 g/mol. The second-order valence-corrected chi connectivity index (χ2v) is 6.82. The van der Waals surface area contributed by atoms with Crippen LogP contribution in [0.3, 0.4) is 0 Å². The Kier molecular flexibility index (Phi) is 6.55. The van der Waals surface area contributed by atoms with Gasteiger partial charge < -0.3 is 4.90 Å². The van der Waals surface area contributed by atoms with Crippen molar-refractivity contribution in [3.05, 3.63) is 30.1 Å². The monoisotopic (exact) mass is 309 g/mol. The molecule has 0 radical (unpaired) electrons. The molecule has 0 aliphatic heterocycles. The van der Waals surface area contributed by atoms with Crippen LogP contribution in [-0.2, 0) is 4.79 Å². The normalized spacial score (nSPS) is 16.5. The molecule has 1 fully saturated rings. The molecule has 0 N–H and O–H groups in total. The molecule has 2 rings (SSSR count). The van der Waals surface area contributed by atoms with E-state index in [1.807, 2.05) is 18.0 Å². The number of nitrogens with zero attached hydrogens (tertiary/aromatic N) is 1. The molecule has 21 heavy (non-hydrogen) atoms. The fraction of sp³-hybridized carbons (Fsp3) is 0.588. The highest BCUT2D eigenvalue weighted by molar-refractivity contribution is 7.99. The molecule has 1 aliphatic carbocycles. The molecule has 0 unspecified atom stereocenters. The van der Waals surface area contributed by atoms with E-state index in [1.165, 1.54) is 43.5 Å². The summed E-state index contributed by atoms with van der Waals surface area (Å²) >= 11 is 1.42. The van der Waals surface area contributed by atoms with Crippen LogP contribution < -0.4 is 0 Å². The van der Waals surface area contributed by atoms with Gasteiger partial charge in [-0.25, -0.2) is 4.39 Å². The van der Waals surface area contributed by atoms with Gasteiger partial charge in [-0.1, -0.05) is 37.8 Å². The first-order valence-corrected chi connectivity index (χ1v) is 8.80. The number of carbonyl (C=O) groups is 1. The molecule has 1 aliphatic rings. The van der Waals surface area contributed by atoms with Crippen LogP contribution in [-0.4, -0.2) is 29.6 Å². The Hall–Kier alpha value is -1.03. The van der Waals surface area contributed by atoms with E-state index in [9.17, 15) is 9.18 Å². The van der Waals surface area contributed by atoms with Crippen LogP contribution in [0.15, 0.2) is 29.2 Å². The van der Waals surface area contributed by atoms with Crippen molar-refractivity contribution in [2.75, 3.05) is 12.8 Å². The van der Waals surface area contributed by atoms with Crippen LogP contribution >= 0.6 is 11.8 Å². The Bertz CT molecular complexity index is 458. The minimum atomic E-state index is -0.202. The van der Waals surface area contributed by atoms with Crippen molar-refractivity contribution in [2.24, 2.45) is 0 Å². The standard InChI is InChI=1S/C17H24FNOS/c1-19(14-8-4-2-3-5-9-14)17(20)12-13-21-16-11-7-6-10-15(16)18/h6-7,10-11,14H,2-5,8-9,12-13H2,1H3. The number of thioether (sulfide) groups is 1. The van der Waals surface area contributed by atoms with E-state index in [2.05, 4.69) is 0 Å². The van der Waals surface area contributed by atoms with E-state index in [-0.39, 0.29) is 11.7 Å². The number of carbonyl (C=O) groups excluding carboxylic acids is 1. The molecule has 0 saturated heterocycles. The molecule has 2 nitrogen and oxygen atoms in total. The Balaban J connectivity index is 1.77. The molecule has 0 bridgehead atoms. The van der Waals surface area contributed by atoms with Crippen molar-refractivity contribution >= 4 is 17.7 Å². The highest BCUT2D eigenvalue weighted by Gasteiger charge is 2.20. The smallest absolute Gasteiger partial charge is 0.223 e. The van der Waals surface area contributed by atoms with Crippen molar-refractivity contribution in [1.82, 2.24) is 4.90 Å². The average Bonchev–Trinajstić information content (AvgIpc) is 2.77. The number of benzene rings is 1. The van der Waals surface area contributed by atoms with Gasteiger partial charge >= 0.3 is 0 Å². The summed E-state index contributed by atoms with van der Waals surface area (Å²) in [4.78, 5) is 14.8. The lowest BCUT2D eigenvalue weighted by molar-refractivity contribution is -0.131. The second kappa shape index (κ2) is 8.42. The number of hydrogen-bond donors (Lipinski definition) is 0. The predicted molar refractivity (Wildman–Crippen MR) is 86.0 cm³/mol. The van der Waals surface area contributed by atoms with Crippen molar-refractivity contribution in [3.8, 4) is 0 Å². The van der Waals surface area contributed by atoms with Crippen LogP contribution in [0.2, 0.25) is 0 Å². The van der Waals surface area contributed by atoms with E-state index < -0.39 is 0 Å². The number of halogens is 1. The molecular weight excluding hydrogens is 285 g/mol. The van der Waals surface area contributed by atoms with Crippen LogP contribution in [0.25, 0.3) is 0 Å². The lowest BCUT2D eigenvalue weighted by Crippen LogP contribution is -2.36. The van der Waals surface area contributed by atoms with Gasteiger partial charge in [0.15, 0.2) is 0 Å². The van der Waals surface area contributed by atoms with Crippen molar-refractivity contribution in [1.29, 1.82) is 0 Å². The summed E-state index contributed by atoms with van der Waals surface area (Å²) in [5, 5.41) is 0. The maximum absolute atomic E-state index is 13.5. The highest BCUT2D eigenvalue weighted by atomic mass is 32.2. The fourth-order valence-corrected chi connectivity index (χ4v) is 3.71. The summed E-state index contributed by atoms with van der Waals surface area (Å²) in [5.74, 6) is 0.620. The molecule has 1 aromatic carbocycles. The van der Waals surface area contributed by atoms with Gasteiger partial charge in [0.1, 0.15) is 5.82 Å². The van der Waals surface area contributed by atoms with Crippen LogP contribution in [0, 0.1) is 5.82 Å². The minimum absolute atomic E-state index is 0.186. The van der Waals surface area contributed by atoms with Crippen LogP contribution in [0.4, 0.5) is 4.39 Å². The summed E-state index contributed by atoms with van der Waals surface area (Å²) in [7, 11) is 1.92. The van der Waals surface area contributed by atoms with Gasteiger partial charge in [-0.15, -0.1) is 11.8 Å². The number of rotatable bonds is 5. The molecule has 1 saturated carbocycles. The van der Waals surface area contributed by atoms with Crippen LogP contribution in [0.1, 0.15) is 44.9 Å². The summed E-state index contributed by atoms with van der Waals surface area (Å²) in [6.07, 6.45) is 7.78. The van der Waals surface area contributed by atoms with Gasteiger partial charge in [0, 0.05) is 30.2 Å². The SMILES string of the molecule is CN(C(=O)CCSc1ccccc1F)C1CCCCCC1. The Morgan fingerprint density at radius 2 is 1.90 bits per heavy atom. The molecule has 4 heteroatoms. The van der Waals surface area contributed by atoms with Gasteiger partial charge in [0.2, 0.25) is 5.91 Å². The summed E-state index contributed by atoms with van der Waals surface area (Å²) in [6.45, 7) is 0. The number of hydrogen-bond acceptors (Lipinski definition) is 2. The summed E-state index contributed by atoms with van der Waals surface area (Å²) < 4.78 is 13.5. The van der Waals surface area contributed by atoms with Gasteiger partial charge in [-0.05, 0) is 25.0 Å². The zero-order valence-corrected chi connectivity index (χ0v) is 13.5. The molecule has 1 aromatic rings. The topological polar surface area (TPSA) is 20.3 Å². The van der Waals surface area contributed by atoms with Gasteiger partial charge in [0.25, 0.3) is 0 Å². The molecule has 0 atom stereocenters. The minimum Gasteiger partial charge on any atom is -0.343 e. The molecule has 1 amide bonds. The quantitative estimate of drug-likeness (QED) is 0.590. The lowest BCUT2D eigenvalue weighted by Gasteiger charge is -2.27. The zero-order valence-electron chi connectivity index (χ0n) is 12.7.